The maximum atomic E-state index is 14.3. The van der Waals surface area contributed by atoms with Gasteiger partial charge in [0.05, 0.1) is 31.8 Å². The van der Waals surface area contributed by atoms with E-state index in [-0.39, 0.29) is 37.7 Å². The SMILES string of the molecule is CC(C)C[C@H](NC(=O)C(Cc1ccccn1)NC(=O)[C@H](Cc1cccc2ccccc12)NC(=O)OCc1ccccc1)[C@@H](O)CC(=O)NCCN1CCOCC1. The number of aromatic nitrogens is 1. The molecule has 4 atom stereocenters. The normalized spacial score (nSPS) is 15.3. The molecule has 1 saturated heterocycles. The maximum Gasteiger partial charge on any atom is 0.408 e. The van der Waals surface area contributed by atoms with Crippen molar-refractivity contribution >= 4 is 34.6 Å². The summed E-state index contributed by atoms with van der Waals surface area (Å²) in [6, 6.07) is 25.0. The van der Waals surface area contributed by atoms with Crippen LogP contribution in [0.4, 0.5) is 4.79 Å². The molecular formula is C43H54N6O7. The number of nitrogens with zero attached hydrogens (tertiary/aromatic N) is 2. The topological polar surface area (TPSA) is 171 Å². The summed E-state index contributed by atoms with van der Waals surface area (Å²) in [5, 5.41) is 24.6. The van der Waals surface area contributed by atoms with Crippen LogP contribution >= 0.6 is 0 Å². The van der Waals surface area contributed by atoms with Gasteiger partial charge in [0, 0.05) is 50.9 Å². The van der Waals surface area contributed by atoms with Crippen molar-refractivity contribution in [1.82, 2.24) is 31.2 Å². The lowest BCUT2D eigenvalue weighted by atomic mass is 9.96. The standard InChI is InChI=1S/C43H54N6O7/c1-30(2)25-36(39(50)28-40(51)45-19-20-49-21-23-55-24-22-49)46-42(53)38(27-34-16-8-9-18-44-34)47-41(52)37(48-43(54)56-29-31-11-4-3-5-12-31)26-33-15-10-14-32-13-6-7-17-35(32)33/h3-18,30,36-39,50H,19-29H2,1-2H3,(H,45,51)(H,46,53)(H,47,52)(H,48,54)/t36-,37-,38?,39-/m0/s1. The van der Waals surface area contributed by atoms with E-state index >= 15 is 0 Å². The molecule has 2 heterocycles. The zero-order chi connectivity index (χ0) is 39.7. The molecule has 1 fully saturated rings. The molecular weight excluding hydrogens is 713 g/mol. The van der Waals surface area contributed by atoms with Gasteiger partial charge in [-0.1, -0.05) is 92.7 Å². The number of hydrogen-bond donors (Lipinski definition) is 5. The fourth-order valence-electron chi connectivity index (χ4n) is 6.70. The lowest BCUT2D eigenvalue weighted by Gasteiger charge is -2.29. The van der Waals surface area contributed by atoms with Crippen molar-refractivity contribution in [3.63, 3.8) is 0 Å². The molecule has 4 amide bonds. The number of carbonyl (C=O) groups excluding carboxylic acids is 4. The number of rotatable bonds is 19. The average molecular weight is 767 g/mol. The Balaban J connectivity index is 1.31. The number of aliphatic hydroxyl groups is 1. The van der Waals surface area contributed by atoms with E-state index in [9.17, 15) is 24.3 Å². The predicted molar refractivity (Wildman–Crippen MR) is 213 cm³/mol. The summed E-state index contributed by atoms with van der Waals surface area (Å²) in [4.78, 5) is 61.1. The molecule has 0 saturated carbocycles. The van der Waals surface area contributed by atoms with Gasteiger partial charge in [-0.25, -0.2) is 4.79 Å². The molecule has 5 N–H and O–H groups in total. The molecule has 0 bridgehead atoms. The smallest absolute Gasteiger partial charge is 0.408 e. The van der Waals surface area contributed by atoms with E-state index in [1.54, 1.807) is 24.4 Å². The Kier molecular flexibility index (Phi) is 16.2. The van der Waals surface area contributed by atoms with Crippen LogP contribution in [-0.4, -0.2) is 102 Å². The van der Waals surface area contributed by atoms with E-state index in [2.05, 4.69) is 31.2 Å². The summed E-state index contributed by atoms with van der Waals surface area (Å²) >= 11 is 0. The predicted octanol–water partition coefficient (Wildman–Crippen LogP) is 3.53. The second-order valence-electron chi connectivity index (χ2n) is 14.5. The molecule has 4 aromatic rings. The molecule has 13 heteroatoms. The van der Waals surface area contributed by atoms with E-state index in [1.807, 2.05) is 86.6 Å². The van der Waals surface area contributed by atoms with Gasteiger partial charge < -0.3 is 35.8 Å². The van der Waals surface area contributed by atoms with Crippen LogP contribution in [0, 0.1) is 5.92 Å². The summed E-state index contributed by atoms with van der Waals surface area (Å²) in [5.74, 6) is -1.42. The quantitative estimate of drug-likeness (QED) is 0.0959. The zero-order valence-corrected chi connectivity index (χ0v) is 32.2. The van der Waals surface area contributed by atoms with Crippen LogP contribution in [0.3, 0.4) is 0 Å². The van der Waals surface area contributed by atoms with Gasteiger partial charge in [0.15, 0.2) is 0 Å². The van der Waals surface area contributed by atoms with Gasteiger partial charge >= 0.3 is 6.09 Å². The monoisotopic (exact) mass is 766 g/mol. The van der Waals surface area contributed by atoms with Gasteiger partial charge in [0.1, 0.15) is 18.7 Å². The number of pyridine rings is 1. The molecule has 1 aliphatic rings. The molecule has 1 unspecified atom stereocenters. The Morgan fingerprint density at radius 2 is 1.52 bits per heavy atom. The number of alkyl carbamates (subject to hydrolysis) is 1. The molecule has 1 aromatic heterocycles. The molecule has 5 rings (SSSR count). The Morgan fingerprint density at radius 3 is 2.27 bits per heavy atom. The van der Waals surface area contributed by atoms with Crippen molar-refractivity contribution in [2.75, 3.05) is 39.4 Å². The number of morpholine rings is 1. The lowest BCUT2D eigenvalue weighted by Crippen LogP contribution is -2.57. The Hall–Kier alpha value is -5.37. The lowest BCUT2D eigenvalue weighted by molar-refractivity contribution is -0.131. The Morgan fingerprint density at radius 1 is 0.821 bits per heavy atom. The minimum absolute atomic E-state index is 0.00541. The first-order chi connectivity index (χ1) is 27.1. The second-order valence-corrected chi connectivity index (χ2v) is 14.5. The van der Waals surface area contributed by atoms with Crippen molar-refractivity contribution in [2.24, 2.45) is 5.92 Å². The van der Waals surface area contributed by atoms with Crippen LogP contribution in [0.15, 0.2) is 97.2 Å². The van der Waals surface area contributed by atoms with Gasteiger partial charge in [0.25, 0.3) is 0 Å². The number of benzene rings is 3. The van der Waals surface area contributed by atoms with E-state index in [1.165, 1.54) is 0 Å². The van der Waals surface area contributed by atoms with Crippen LogP contribution in [-0.2, 0) is 43.3 Å². The highest BCUT2D eigenvalue weighted by atomic mass is 16.5. The molecule has 0 aliphatic carbocycles. The van der Waals surface area contributed by atoms with Crippen molar-refractivity contribution in [3.8, 4) is 0 Å². The molecule has 0 spiro atoms. The third kappa shape index (κ3) is 13.4. The largest absolute Gasteiger partial charge is 0.445 e. The number of amides is 4. The first-order valence-electron chi connectivity index (χ1n) is 19.3. The second kappa shape index (κ2) is 21.6. The molecule has 298 valence electrons. The van der Waals surface area contributed by atoms with Crippen molar-refractivity contribution in [1.29, 1.82) is 0 Å². The third-order valence-corrected chi connectivity index (χ3v) is 9.66. The van der Waals surface area contributed by atoms with Crippen LogP contribution in [0.5, 0.6) is 0 Å². The zero-order valence-electron chi connectivity index (χ0n) is 32.2. The minimum atomic E-state index is -1.18. The summed E-state index contributed by atoms with van der Waals surface area (Å²) in [5.41, 5.74) is 2.16. The number of nitrogens with one attached hydrogen (secondary N) is 4. The fourth-order valence-corrected chi connectivity index (χ4v) is 6.70. The van der Waals surface area contributed by atoms with Crippen LogP contribution < -0.4 is 21.3 Å². The van der Waals surface area contributed by atoms with Gasteiger partial charge in [-0.15, -0.1) is 0 Å². The maximum absolute atomic E-state index is 14.3. The van der Waals surface area contributed by atoms with Gasteiger partial charge in [-0.2, -0.15) is 0 Å². The molecule has 56 heavy (non-hydrogen) atoms. The van der Waals surface area contributed by atoms with E-state index in [0.29, 0.717) is 38.4 Å². The molecule has 13 nitrogen and oxygen atoms in total. The first-order valence-corrected chi connectivity index (χ1v) is 19.3. The minimum Gasteiger partial charge on any atom is -0.445 e. The number of fused-ring (bicyclic) bond motifs is 1. The number of ether oxygens (including phenoxy) is 2. The first kappa shape index (κ1) is 41.8. The van der Waals surface area contributed by atoms with Crippen molar-refractivity contribution in [2.45, 2.75) is 70.4 Å². The third-order valence-electron chi connectivity index (χ3n) is 9.66. The summed E-state index contributed by atoms with van der Waals surface area (Å²) in [6.45, 7) is 7.95. The highest BCUT2D eigenvalue weighted by Crippen LogP contribution is 2.20. The van der Waals surface area contributed by atoms with E-state index < -0.39 is 42.1 Å². The average Bonchev–Trinajstić information content (AvgIpc) is 3.20. The van der Waals surface area contributed by atoms with E-state index in [4.69, 9.17) is 9.47 Å². The van der Waals surface area contributed by atoms with E-state index in [0.717, 1.165) is 35.0 Å². The molecule has 3 aromatic carbocycles. The fraction of sp³-hybridized carbons (Fsp3) is 0.419. The number of aliphatic hydroxyl groups excluding tert-OH is 1. The van der Waals surface area contributed by atoms with Gasteiger partial charge in [-0.05, 0) is 46.4 Å². The Labute approximate surface area is 328 Å². The van der Waals surface area contributed by atoms with Crippen molar-refractivity contribution < 1.29 is 33.8 Å². The number of carbonyl (C=O) groups is 4. The van der Waals surface area contributed by atoms with Crippen LogP contribution in [0.1, 0.15) is 43.5 Å². The summed E-state index contributed by atoms with van der Waals surface area (Å²) in [7, 11) is 0. The Bertz CT molecular complexity index is 1850. The van der Waals surface area contributed by atoms with Gasteiger partial charge in [0.2, 0.25) is 17.7 Å². The van der Waals surface area contributed by atoms with Crippen molar-refractivity contribution in [3.05, 3.63) is 114 Å². The summed E-state index contributed by atoms with van der Waals surface area (Å²) in [6.07, 6.45) is -0.0513. The number of hydrogen-bond acceptors (Lipinski definition) is 9. The molecule has 1 aliphatic heterocycles. The summed E-state index contributed by atoms with van der Waals surface area (Å²) < 4.78 is 10.9. The van der Waals surface area contributed by atoms with Gasteiger partial charge in [-0.3, -0.25) is 24.3 Å². The van der Waals surface area contributed by atoms with Crippen LogP contribution in [0.25, 0.3) is 10.8 Å². The highest BCUT2D eigenvalue weighted by molar-refractivity contribution is 5.93. The van der Waals surface area contributed by atoms with Crippen LogP contribution in [0.2, 0.25) is 0 Å². The highest BCUT2D eigenvalue weighted by Gasteiger charge is 2.32. The molecule has 0 radical (unpaired) electrons.